The zero-order valence-corrected chi connectivity index (χ0v) is 12.7. The van der Waals surface area contributed by atoms with Crippen molar-refractivity contribution >= 4 is 5.78 Å². The summed E-state index contributed by atoms with van der Waals surface area (Å²) in [7, 11) is 0. The van der Waals surface area contributed by atoms with Crippen LogP contribution >= 0.6 is 0 Å². The zero-order chi connectivity index (χ0) is 16.4. The minimum absolute atomic E-state index is 0.0587. The number of ether oxygens (including phenoxy) is 1. The molecule has 1 N–H and O–H groups in total. The first-order valence-electron chi connectivity index (χ1n) is 7.52. The van der Waals surface area contributed by atoms with Crippen molar-refractivity contribution < 1.29 is 18.3 Å². The van der Waals surface area contributed by atoms with Gasteiger partial charge in [0.2, 0.25) is 5.92 Å². The molecule has 0 spiro atoms. The zero-order valence-electron chi connectivity index (χ0n) is 12.7. The number of hydrogen-bond donors (Lipinski definition) is 1. The van der Waals surface area contributed by atoms with Crippen LogP contribution in [0.2, 0.25) is 0 Å². The lowest BCUT2D eigenvalue weighted by atomic mass is 9.82. The van der Waals surface area contributed by atoms with Crippen LogP contribution in [0.25, 0.3) is 0 Å². The van der Waals surface area contributed by atoms with Crippen molar-refractivity contribution in [3.63, 3.8) is 0 Å². The molecule has 0 bridgehead atoms. The summed E-state index contributed by atoms with van der Waals surface area (Å²) >= 11 is 0. The number of alkyl halides is 2. The molecule has 1 aromatic carbocycles. The fourth-order valence-corrected chi connectivity index (χ4v) is 2.81. The van der Waals surface area contributed by atoms with Gasteiger partial charge in [0.15, 0.2) is 11.5 Å². The molecule has 23 heavy (non-hydrogen) atoms. The molecule has 1 aliphatic carbocycles. The number of ketones is 1. The van der Waals surface area contributed by atoms with Gasteiger partial charge in [-0.25, -0.2) is 8.78 Å². The number of nitrogens with zero attached hydrogens (tertiary/aromatic N) is 2. The molecule has 0 unspecified atom stereocenters. The predicted octanol–water partition coefficient (Wildman–Crippen LogP) is 4.09. The van der Waals surface area contributed by atoms with E-state index in [4.69, 9.17) is 4.74 Å². The molecule has 1 fully saturated rings. The van der Waals surface area contributed by atoms with Crippen LogP contribution in [0.5, 0.6) is 11.6 Å². The highest BCUT2D eigenvalue weighted by atomic mass is 19.3. The van der Waals surface area contributed by atoms with Gasteiger partial charge in [0, 0.05) is 19.8 Å². The monoisotopic (exact) mass is 321 g/mol. The average Bonchev–Trinajstić information content (AvgIpc) is 2.97. The van der Waals surface area contributed by atoms with Gasteiger partial charge in [-0.1, -0.05) is 22.4 Å². The Morgan fingerprint density at radius 3 is 2.52 bits per heavy atom. The van der Waals surface area contributed by atoms with Crippen LogP contribution < -0.4 is 4.74 Å². The maximum absolute atomic E-state index is 13.2. The fourth-order valence-electron chi connectivity index (χ4n) is 2.81. The Bertz CT molecular complexity index is 688. The van der Waals surface area contributed by atoms with E-state index in [0.29, 0.717) is 18.6 Å². The quantitative estimate of drug-likeness (QED) is 0.861. The first-order valence-corrected chi connectivity index (χ1v) is 7.52. The second kappa shape index (κ2) is 6.06. The molecule has 1 aliphatic rings. The van der Waals surface area contributed by atoms with Gasteiger partial charge in [-0.3, -0.25) is 9.89 Å². The first-order chi connectivity index (χ1) is 10.9. The lowest BCUT2D eigenvalue weighted by molar-refractivity contribution is -0.0382. The van der Waals surface area contributed by atoms with Gasteiger partial charge < -0.3 is 4.74 Å². The highest BCUT2D eigenvalue weighted by Gasteiger charge is 2.35. The molecule has 7 heteroatoms. The molecule has 5 nitrogen and oxygen atoms in total. The number of carbonyl (C=O) groups is 1. The van der Waals surface area contributed by atoms with Gasteiger partial charge >= 0.3 is 0 Å². The smallest absolute Gasteiger partial charge is 0.269 e. The predicted molar refractivity (Wildman–Crippen MR) is 79.1 cm³/mol. The van der Waals surface area contributed by atoms with Gasteiger partial charge in [-0.2, -0.15) is 0 Å². The largest absolute Gasteiger partial charge is 0.436 e. The van der Waals surface area contributed by atoms with Gasteiger partial charge in [-0.15, -0.1) is 0 Å². The summed E-state index contributed by atoms with van der Waals surface area (Å²) in [5, 5.41) is 9.77. The number of benzene rings is 1. The van der Waals surface area contributed by atoms with Crippen LogP contribution in [0.1, 0.15) is 54.6 Å². The maximum atomic E-state index is 13.2. The van der Waals surface area contributed by atoms with Gasteiger partial charge in [0.25, 0.3) is 5.88 Å². The summed E-state index contributed by atoms with van der Waals surface area (Å²) in [5.74, 6) is -1.93. The van der Waals surface area contributed by atoms with Crippen molar-refractivity contribution in [2.24, 2.45) is 0 Å². The second-order valence-electron chi connectivity index (χ2n) is 5.85. The third-order valence-electron chi connectivity index (χ3n) is 4.15. The molecule has 0 amide bonds. The summed E-state index contributed by atoms with van der Waals surface area (Å²) in [6, 6.07) is 7.25. The van der Waals surface area contributed by atoms with E-state index in [-0.39, 0.29) is 36.1 Å². The normalized spacial score (nSPS) is 17.9. The molecule has 1 aromatic heterocycles. The van der Waals surface area contributed by atoms with Crippen LogP contribution in [-0.4, -0.2) is 27.1 Å². The van der Waals surface area contributed by atoms with Gasteiger partial charge in [0.05, 0.1) is 0 Å². The summed E-state index contributed by atoms with van der Waals surface area (Å²) in [4.78, 5) is 11.4. The van der Waals surface area contributed by atoms with E-state index >= 15 is 0 Å². The van der Waals surface area contributed by atoms with Crippen LogP contribution in [0, 0.1) is 0 Å². The lowest BCUT2D eigenvalue weighted by Crippen LogP contribution is -2.23. The van der Waals surface area contributed by atoms with Crippen LogP contribution in [0.4, 0.5) is 8.78 Å². The molecule has 1 heterocycles. The van der Waals surface area contributed by atoms with Crippen molar-refractivity contribution in [3.8, 4) is 11.6 Å². The van der Waals surface area contributed by atoms with E-state index in [1.807, 2.05) is 12.1 Å². The molecule has 2 aromatic rings. The number of hydrogen-bond acceptors (Lipinski definition) is 4. The molecule has 122 valence electrons. The molecule has 3 rings (SSSR count). The number of rotatable bonds is 4. The summed E-state index contributed by atoms with van der Waals surface area (Å²) in [6.45, 7) is 1.39. The highest BCUT2D eigenvalue weighted by Crippen LogP contribution is 2.41. The maximum Gasteiger partial charge on any atom is 0.269 e. The Morgan fingerprint density at radius 2 is 1.91 bits per heavy atom. The Hall–Kier alpha value is -2.31. The number of Topliss-reactive ketones (excluding diaryl/α,β-unsaturated/α-hetero) is 1. The van der Waals surface area contributed by atoms with Crippen molar-refractivity contribution in [3.05, 3.63) is 35.5 Å². The van der Waals surface area contributed by atoms with E-state index in [1.54, 1.807) is 12.1 Å². The molecule has 0 saturated heterocycles. The Morgan fingerprint density at radius 1 is 1.26 bits per heavy atom. The minimum Gasteiger partial charge on any atom is -0.436 e. The summed E-state index contributed by atoms with van der Waals surface area (Å²) in [5.41, 5.74) is 1.24. The van der Waals surface area contributed by atoms with Gasteiger partial charge in [-0.05, 0) is 36.5 Å². The SMILES string of the molecule is CC(=O)c1[nH]nnc1Oc1ccc(C2CCC(F)(F)CC2)cc1. The topological polar surface area (TPSA) is 67.9 Å². The molecular weight excluding hydrogens is 304 g/mol. The number of aromatic amines is 1. The fraction of sp³-hybridized carbons (Fsp3) is 0.438. The van der Waals surface area contributed by atoms with Crippen LogP contribution in [-0.2, 0) is 0 Å². The number of halogens is 2. The van der Waals surface area contributed by atoms with Crippen LogP contribution in [0.3, 0.4) is 0 Å². The molecule has 0 radical (unpaired) electrons. The Kier molecular flexibility index (Phi) is 4.11. The third kappa shape index (κ3) is 3.55. The number of nitrogens with one attached hydrogen (secondary N) is 1. The van der Waals surface area contributed by atoms with E-state index in [0.717, 1.165) is 5.56 Å². The number of carbonyl (C=O) groups excluding carboxylic acids is 1. The van der Waals surface area contributed by atoms with Crippen molar-refractivity contribution in [1.82, 2.24) is 15.4 Å². The summed E-state index contributed by atoms with van der Waals surface area (Å²) in [6.07, 6.45) is 0.865. The van der Waals surface area contributed by atoms with E-state index in [1.165, 1.54) is 6.92 Å². The second-order valence-corrected chi connectivity index (χ2v) is 5.85. The minimum atomic E-state index is -2.52. The van der Waals surface area contributed by atoms with Crippen molar-refractivity contribution in [2.75, 3.05) is 0 Å². The molecular formula is C16H17F2N3O2. The summed E-state index contributed by atoms with van der Waals surface area (Å²) < 4.78 is 32.0. The molecule has 0 atom stereocenters. The van der Waals surface area contributed by atoms with Crippen molar-refractivity contribution in [2.45, 2.75) is 44.4 Å². The van der Waals surface area contributed by atoms with Gasteiger partial charge in [0.1, 0.15) is 5.75 Å². The number of H-pyrrole nitrogens is 1. The Balaban J connectivity index is 1.68. The molecule has 1 saturated carbocycles. The standard InChI is InChI=1S/C16H17F2N3O2/c1-10(22)14-15(20-21-19-14)23-13-4-2-11(3-5-13)12-6-8-16(17,18)9-7-12/h2-5,12H,6-9H2,1H3,(H,19,20,21). The molecule has 0 aliphatic heterocycles. The number of aromatic nitrogens is 3. The first kappa shape index (κ1) is 15.6. The average molecular weight is 321 g/mol. The van der Waals surface area contributed by atoms with E-state index in [9.17, 15) is 13.6 Å². The van der Waals surface area contributed by atoms with Crippen LogP contribution in [0.15, 0.2) is 24.3 Å². The van der Waals surface area contributed by atoms with E-state index < -0.39 is 5.92 Å². The third-order valence-corrected chi connectivity index (χ3v) is 4.15. The van der Waals surface area contributed by atoms with Crippen molar-refractivity contribution in [1.29, 1.82) is 0 Å². The lowest BCUT2D eigenvalue weighted by Gasteiger charge is -2.28. The van der Waals surface area contributed by atoms with E-state index in [2.05, 4.69) is 15.4 Å². The Labute approximate surface area is 132 Å². The highest BCUT2D eigenvalue weighted by molar-refractivity contribution is 5.94.